The molecular formula is C18H14FNO7. The van der Waals surface area contributed by atoms with Crippen LogP contribution in [0.15, 0.2) is 39.5 Å². The van der Waals surface area contributed by atoms with Crippen molar-refractivity contribution in [2.45, 2.75) is 0 Å². The Hall–Kier alpha value is -3.62. The van der Waals surface area contributed by atoms with E-state index in [0.717, 1.165) is 6.07 Å². The average molecular weight is 375 g/mol. The fourth-order valence-corrected chi connectivity index (χ4v) is 2.70. The van der Waals surface area contributed by atoms with Crippen LogP contribution in [0.4, 0.5) is 10.1 Å². The van der Waals surface area contributed by atoms with Crippen LogP contribution in [0.1, 0.15) is 0 Å². The first-order chi connectivity index (χ1) is 12.9. The Kier molecular flexibility index (Phi) is 4.68. The van der Waals surface area contributed by atoms with Gasteiger partial charge in [0.15, 0.2) is 22.8 Å². The molecule has 0 aliphatic rings. The molecule has 0 radical (unpaired) electrons. The first kappa shape index (κ1) is 18.2. The molecule has 3 rings (SSSR count). The van der Waals surface area contributed by atoms with Crippen molar-refractivity contribution in [2.24, 2.45) is 0 Å². The molecule has 0 aliphatic carbocycles. The molecule has 3 aromatic rings. The van der Waals surface area contributed by atoms with Crippen LogP contribution in [0.3, 0.4) is 0 Å². The van der Waals surface area contributed by atoms with E-state index in [2.05, 4.69) is 0 Å². The second-order valence-electron chi connectivity index (χ2n) is 5.40. The van der Waals surface area contributed by atoms with E-state index in [9.17, 15) is 19.3 Å². The molecular weight excluding hydrogens is 361 g/mol. The maximum absolute atomic E-state index is 14.7. The lowest BCUT2D eigenvalue weighted by molar-refractivity contribution is -0.385. The van der Waals surface area contributed by atoms with E-state index >= 15 is 0 Å². The van der Waals surface area contributed by atoms with Crippen LogP contribution < -0.4 is 19.6 Å². The van der Waals surface area contributed by atoms with Crippen molar-refractivity contribution >= 4 is 16.7 Å². The highest BCUT2D eigenvalue weighted by molar-refractivity contribution is 5.87. The molecule has 0 fully saturated rings. The van der Waals surface area contributed by atoms with Crippen LogP contribution in [-0.2, 0) is 0 Å². The fourth-order valence-electron chi connectivity index (χ4n) is 2.70. The van der Waals surface area contributed by atoms with Crippen molar-refractivity contribution in [3.05, 3.63) is 56.5 Å². The number of fused-ring (bicyclic) bond motifs is 1. The Morgan fingerprint density at radius 3 is 2.33 bits per heavy atom. The molecule has 140 valence electrons. The number of ether oxygens (including phenoxy) is 3. The third-order valence-corrected chi connectivity index (χ3v) is 3.99. The van der Waals surface area contributed by atoms with Gasteiger partial charge >= 0.3 is 5.69 Å². The minimum atomic E-state index is -1.13. The predicted octanol–water partition coefficient (Wildman–Crippen LogP) is 3.53. The van der Waals surface area contributed by atoms with Gasteiger partial charge in [-0.1, -0.05) is 0 Å². The van der Waals surface area contributed by atoms with Crippen LogP contribution in [-0.4, -0.2) is 26.3 Å². The molecule has 0 spiro atoms. The van der Waals surface area contributed by atoms with Gasteiger partial charge in [-0.25, -0.2) is 0 Å². The van der Waals surface area contributed by atoms with Gasteiger partial charge in [-0.2, -0.15) is 4.39 Å². The molecule has 0 unspecified atom stereocenters. The molecule has 0 aliphatic heterocycles. The van der Waals surface area contributed by atoms with Gasteiger partial charge in [-0.3, -0.25) is 14.9 Å². The largest absolute Gasteiger partial charge is 0.493 e. The van der Waals surface area contributed by atoms with E-state index in [4.69, 9.17) is 18.6 Å². The summed E-state index contributed by atoms with van der Waals surface area (Å²) in [5.41, 5.74) is -1.11. The normalized spacial score (nSPS) is 10.7. The van der Waals surface area contributed by atoms with E-state index in [1.54, 1.807) is 0 Å². The number of hydrogen-bond donors (Lipinski definition) is 0. The molecule has 0 saturated carbocycles. The topological polar surface area (TPSA) is 101 Å². The van der Waals surface area contributed by atoms with E-state index in [1.165, 1.54) is 45.6 Å². The maximum atomic E-state index is 14.7. The van der Waals surface area contributed by atoms with Crippen molar-refractivity contribution in [1.82, 2.24) is 0 Å². The zero-order valence-electron chi connectivity index (χ0n) is 14.6. The van der Waals surface area contributed by atoms with Gasteiger partial charge in [0.25, 0.3) is 0 Å². The summed E-state index contributed by atoms with van der Waals surface area (Å²) in [5.74, 6) is -1.20. The Morgan fingerprint density at radius 2 is 1.74 bits per heavy atom. The van der Waals surface area contributed by atoms with Crippen LogP contribution in [0.2, 0.25) is 0 Å². The van der Waals surface area contributed by atoms with E-state index in [0.29, 0.717) is 5.75 Å². The maximum Gasteiger partial charge on any atom is 0.310 e. The Morgan fingerprint density at radius 1 is 1.04 bits per heavy atom. The van der Waals surface area contributed by atoms with Gasteiger partial charge in [0.05, 0.1) is 31.6 Å². The lowest BCUT2D eigenvalue weighted by Crippen LogP contribution is -2.09. The number of rotatable bonds is 5. The molecule has 8 nitrogen and oxygen atoms in total. The monoisotopic (exact) mass is 375 g/mol. The second-order valence-corrected chi connectivity index (χ2v) is 5.40. The molecule has 0 bridgehead atoms. The summed E-state index contributed by atoms with van der Waals surface area (Å²) in [4.78, 5) is 22.8. The van der Waals surface area contributed by atoms with Gasteiger partial charge in [0.1, 0.15) is 0 Å². The highest BCUT2D eigenvalue weighted by Crippen LogP contribution is 2.38. The Bertz CT molecular complexity index is 1110. The molecule has 9 heteroatoms. The van der Waals surface area contributed by atoms with E-state index in [1.807, 2.05) is 0 Å². The summed E-state index contributed by atoms with van der Waals surface area (Å²) in [6.07, 6.45) is 0. The van der Waals surface area contributed by atoms with E-state index < -0.39 is 21.9 Å². The third-order valence-electron chi connectivity index (χ3n) is 3.99. The summed E-state index contributed by atoms with van der Waals surface area (Å²) < 4.78 is 35.7. The number of benzene rings is 2. The SMILES string of the molecule is COc1cc(-c2oc3c(OC)c(OC)ccc3c(=O)c2F)ccc1[N+](=O)[O-]. The molecule has 1 aromatic heterocycles. The first-order valence-electron chi connectivity index (χ1n) is 7.63. The van der Waals surface area contributed by atoms with Crippen molar-refractivity contribution in [3.63, 3.8) is 0 Å². The fraction of sp³-hybridized carbons (Fsp3) is 0.167. The van der Waals surface area contributed by atoms with Crippen molar-refractivity contribution < 1.29 is 27.9 Å². The van der Waals surface area contributed by atoms with E-state index in [-0.39, 0.29) is 33.7 Å². The molecule has 0 amide bonds. The Balaban J connectivity index is 2.34. The highest BCUT2D eigenvalue weighted by Gasteiger charge is 2.23. The molecule has 1 heterocycles. The minimum Gasteiger partial charge on any atom is -0.493 e. The standard InChI is InChI=1S/C18H14FNO7/c1-24-12-7-5-10-15(21)14(19)16(27-17(10)18(12)26-3)9-4-6-11(20(22)23)13(8-9)25-2/h4-8H,1-3H3. The quantitative estimate of drug-likeness (QED) is 0.496. The number of hydrogen-bond acceptors (Lipinski definition) is 7. The third kappa shape index (κ3) is 2.92. The van der Waals surface area contributed by atoms with Crippen LogP contribution >= 0.6 is 0 Å². The van der Waals surface area contributed by atoms with Crippen molar-refractivity contribution in [2.75, 3.05) is 21.3 Å². The second kappa shape index (κ2) is 6.94. The number of nitro groups is 1. The summed E-state index contributed by atoms with van der Waals surface area (Å²) in [7, 11) is 4.01. The summed E-state index contributed by atoms with van der Waals surface area (Å²) >= 11 is 0. The van der Waals surface area contributed by atoms with Gasteiger partial charge in [0.2, 0.25) is 17.0 Å². The zero-order chi connectivity index (χ0) is 19.7. The average Bonchev–Trinajstić information content (AvgIpc) is 2.68. The molecule has 0 atom stereocenters. The van der Waals surface area contributed by atoms with Gasteiger partial charge in [-0.15, -0.1) is 0 Å². The van der Waals surface area contributed by atoms with Gasteiger partial charge in [0, 0.05) is 11.6 Å². The van der Waals surface area contributed by atoms with Crippen LogP contribution in [0, 0.1) is 15.9 Å². The van der Waals surface area contributed by atoms with Gasteiger partial charge < -0.3 is 18.6 Å². The number of nitro benzene ring substituents is 1. The molecule has 0 N–H and O–H groups in total. The minimum absolute atomic E-state index is 0.00410. The summed E-state index contributed by atoms with van der Waals surface area (Å²) in [6, 6.07) is 6.46. The van der Waals surface area contributed by atoms with Crippen molar-refractivity contribution in [3.8, 4) is 28.6 Å². The van der Waals surface area contributed by atoms with Gasteiger partial charge in [-0.05, 0) is 24.3 Å². The summed E-state index contributed by atoms with van der Waals surface area (Å²) in [5, 5.41) is 11.0. The summed E-state index contributed by atoms with van der Waals surface area (Å²) in [6.45, 7) is 0. The first-order valence-corrected chi connectivity index (χ1v) is 7.63. The number of halogens is 1. The lowest BCUT2D eigenvalue weighted by atomic mass is 10.1. The molecule has 2 aromatic carbocycles. The van der Waals surface area contributed by atoms with Crippen molar-refractivity contribution in [1.29, 1.82) is 0 Å². The predicted molar refractivity (Wildman–Crippen MR) is 94.2 cm³/mol. The molecule has 0 saturated heterocycles. The Labute approximate surface area is 151 Å². The smallest absolute Gasteiger partial charge is 0.310 e. The highest BCUT2D eigenvalue weighted by atomic mass is 19.1. The number of methoxy groups -OCH3 is 3. The number of nitrogens with zero attached hydrogens (tertiary/aromatic N) is 1. The zero-order valence-corrected chi connectivity index (χ0v) is 14.6. The lowest BCUT2D eigenvalue weighted by Gasteiger charge is -2.11. The van der Waals surface area contributed by atoms with Crippen LogP contribution in [0.5, 0.6) is 17.2 Å². The van der Waals surface area contributed by atoms with Crippen LogP contribution in [0.25, 0.3) is 22.3 Å². The molecule has 27 heavy (non-hydrogen) atoms.